The Hall–Kier alpha value is -1.02. The monoisotopic (exact) mass is 206 g/mol. The van der Waals surface area contributed by atoms with Crippen molar-refractivity contribution in [3.8, 4) is 0 Å². The molecule has 72 valence electrons. The summed E-state index contributed by atoms with van der Waals surface area (Å²) in [7, 11) is 0. The molecule has 2 aromatic heterocycles. The fourth-order valence-electron chi connectivity index (χ4n) is 2.28. The highest BCUT2D eigenvalue weighted by Crippen LogP contribution is 2.32. The first kappa shape index (κ1) is 8.30. The second-order valence-electron chi connectivity index (χ2n) is 3.81. The molecule has 2 nitrogen and oxygen atoms in total. The van der Waals surface area contributed by atoms with Crippen LogP contribution in [0.2, 0.25) is 5.02 Å². The van der Waals surface area contributed by atoms with Gasteiger partial charge in [0, 0.05) is 17.3 Å². The Morgan fingerprint density at radius 1 is 1.29 bits per heavy atom. The molecule has 0 saturated heterocycles. The van der Waals surface area contributed by atoms with Crippen molar-refractivity contribution in [3.05, 3.63) is 28.5 Å². The third-order valence-electron chi connectivity index (χ3n) is 2.94. The van der Waals surface area contributed by atoms with Gasteiger partial charge in [0.05, 0.1) is 5.02 Å². The number of aromatic nitrogens is 2. The predicted octanol–water partition coefficient (Wildman–Crippen LogP) is 3.10. The van der Waals surface area contributed by atoms with E-state index in [-0.39, 0.29) is 0 Å². The summed E-state index contributed by atoms with van der Waals surface area (Å²) in [5.74, 6) is 0. The molecule has 0 radical (unpaired) electrons. The van der Waals surface area contributed by atoms with Crippen LogP contribution in [0.1, 0.15) is 24.1 Å². The average molecular weight is 207 g/mol. The van der Waals surface area contributed by atoms with Gasteiger partial charge in [0.1, 0.15) is 5.65 Å². The summed E-state index contributed by atoms with van der Waals surface area (Å²) in [6, 6.07) is 1.87. The van der Waals surface area contributed by atoms with Gasteiger partial charge in [-0.1, -0.05) is 11.6 Å². The van der Waals surface area contributed by atoms with E-state index in [0.717, 1.165) is 28.9 Å². The van der Waals surface area contributed by atoms with Crippen LogP contribution < -0.4 is 0 Å². The molecule has 0 atom stereocenters. The summed E-state index contributed by atoms with van der Waals surface area (Å²) in [6.45, 7) is 0. The second-order valence-corrected chi connectivity index (χ2v) is 4.21. The number of aromatic amines is 1. The van der Waals surface area contributed by atoms with Gasteiger partial charge in [-0.3, -0.25) is 0 Å². The van der Waals surface area contributed by atoms with Gasteiger partial charge in [-0.25, -0.2) is 4.98 Å². The van der Waals surface area contributed by atoms with E-state index in [9.17, 15) is 0 Å². The lowest BCUT2D eigenvalue weighted by molar-refractivity contribution is 0.680. The van der Waals surface area contributed by atoms with Crippen LogP contribution in [0.4, 0.5) is 0 Å². The number of nitrogens with zero attached hydrogens (tertiary/aromatic N) is 1. The molecule has 0 aliphatic heterocycles. The van der Waals surface area contributed by atoms with Crippen molar-refractivity contribution in [1.29, 1.82) is 0 Å². The van der Waals surface area contributed by atoms with E-state index in [0.29, 0.717) is 0 Å². The van der Waals surface area contributed by atoms with Gasteiger partial charge < -0.3 is 4.98 Å². The number of H-pyrrole nitrogens is 1. The first-order chi connectivity index (χ1) is 6.86. The Bertz CT molecular complexity index is 487. The number of hydrogen-bond acceptors (Lipinski definition) is 1. The molecular weight excluding hydrogens is 196 g/mol. The Morgan fingerprint density at radius 2 is 2.14 bits per heavy atom. The molecule has 0 fully saturated rings. The van der Waals surface area contributed by atoms with Crippen LogP contribution in [-0.4, -0.2) is 9.97 Å². The number of halogens is 1. The van der Waals surface area contributed by atoms with Crippen molar-refractivity contribution in [2.24, 2.45) is 0 Å². The Morgan fingerprint density at radius 3 is 3.07 bits per heavy atom. The number of pyridine rings is 1. The molecule has 2 heterocycles. The molecule has 0 aromatic carbocycles. The largest absolute Gasteiger partial charge is 0.343 e. The van der Waals surface area contributed by atoms with E-state index >= 15 is 0 Å². The smallest absolute Gasteiger partial charge is 0.139 e. The maximum Gasteiger partial charge on any atom is 0.139 e. The summed E-state index contributed by atoms with van der Waals surface area (Å²) >= 11 is 6.18. The van der Waals surface area contributed by atoms with Crippen LogP contribution >= 0.6 is 11.6 Å². The predicted molar refractivity (Wildman–Crippen MR) is 57.7 cm³/mol. The summed E-state index contributed by atoms with van der Waals surface area (Å²) in [5, 5.41) is 1.97. The second kappa shape index (κ2) is 2.99. The molecule has 1 N–H and O–H groups in total. The molecule has 1 aliphatic carbocycles. The lowest BCUT2D eigenvalue weighted by Gasteiger charge is -2.10. The van der Waals surface area contributed by atoms with Crippen LogP contribution in [0.15, 0.2) is 12.3 Å². The summed E-state index contributed by atoms with van der Waals surface area (Å²) < 4.78 is 0. The van der Waals surface area contributed by atoms with E-state index in [1.165, 1.54) is 24.1 Å². The van der Waals surface area contributed by atoms with E-state index in [4.69, 9.17) is 11.6 Å². The minimum absolute atomic E-state index is 0.828. The topological polar surface area (TPSA) is 28.7 Å². The Balaban J connectivity index is 2.38. The molecule has 14 heavy (non-hydrogen) atoms. The van der Waals surface area contributed by atoms with Crippen molar-refractivity contribution in [2.45, 2.75) is 25.7 Å². The zero-order chi connectivity index (χ0) is 9.54. The molecule has 2 aromatic rings. The van der Waals surface area contributed by atoms with Gasteiger partial charge in [-0.05, 0) is 37.3 Å². The van der Waals surface area contributed by atoms with Gasteiger partial charge in [0.2, 0.25) is 0 Å². The normalized spacial score (nSPS) is 15.8. The van der Waals surface area contributed by atoms with Crippen LogP contribution in [-0.2, 0) is 12.8 Å². The van der Waals surface area contributed by atoms with Crippen LogP contribution in [0.5, 0.6) is 0 Å². The number of rotatable bonds is 0. The molecular formula is C11H11ClN2. The Labute approximate surface area is 87.3 Å². The first-order valence-corrected chi connectivity index (χ1v) is 5.38. The fourth-order valence-corrected chi connectivity index (χ4v) is 2.54. The van der Waals surface area contributed by atoms with E-state index in [1.54, 1.807) is 6.20 Å². The minimum Gasteiger partial charge on any atom is -0.343 e. The maximum absolute atomic E-state index is 6.18. The standard InChI is InChI=1S/C11H11ClN2/c12-8-5-6-13-11-10(8)7-3-1-2-4-9(7)14-11/h5-6H,1-4H2,(H,13,14). The summed E-state index contributed by atoms with van der Waals surface area (Å²) in [6.07, 6.45) is 6.58. The highest BCUT2D eigenvalue weighted by Gasteiger charge is 2.17. The van der Waals surface area contributed by atoms with Crippen molar-refractivity contribution in [3.63, 3.8) is 0 Å². The molecule has 0 spiro atoms. The van der Waals surface area contributed by atoms with Crippen molar-refractivity contribution >= 4 is 22.6 Å². The van der Waals surface area contributed by atoms with E-state index in [1.807, 2.05) is 6.07 Å². The summed E-state index contributed by atoms with van der Waals surface area (Å²) in [5.41, 5.74) is 3.68. The lowest BCUT2D eigenvalue weighted by Crippen LogP contribution is -2.00. The molecule has 0 unspecified atom stereocenters. The van der Waals surface area contributed by atoms with E-state index < -0.39 is 0 Å². The number of nitrogens with one attached hydrogen (secondary N) is 1. The SMILES string of the molecule is Clc1ccnc2[nH]c3c(c12)CCCC3. The van der Waals surface area contributed by atoms with E-state index in [2.05, 4.69) is 9.97 Å². The average Bonchev–Trinajstić information content (AvgIpc) is 2.57. The third-order valence-corrected chi connectivity index (χ3v) is 3.25. The van der Waals surface area contributed by atoms with Gasteiger partial charge in [-0.2, -0.15) is 0 Å². The zero-order valence-electron chi connectivity index (χ0n) is 7.81. The molecule has 1 aliphatic rings. The summed E-state index contributed by atoms with van der Waals surface area (Å²) in [4.78, 5) is 7.67. The van der Waals surface area contributed by atoms with Crippen LogP contribution in [0.25, 0.3) is 11.0 Å². The quantitative estimate of drug-likeness (QED) is 0.705. The van der Waals surface area contributed by atoms with Gasteiger partial charge in [0.25, 0.3) is 0 Å². The van der Waals surface area contributed by atoms with Crippen LogP contribution in [0, 0.1) is 0 Å². The highest BCUT2D eigenvalue weighted by atomic mass is 35.5. The first-order valence-electron chi connectivity index (χ1n) is 5.00. The van der Waals surface area contributed by atoms with Gasteiger partial charge in [-0.15, -0.1) is 0 Å². The maximum atomic E-state index is 6.18. The zero-order valence-corrected chi connectivity index (χ0v) is 8.56. The molecule has 0 saturated carbocycles. The minimum atomic E-state index is 0.828. The highest BCUT2D eigenvalue weighted by molar-refractivity contribution is 6.35. The van der Waals surface area contributed by atoms with Crippen molar-refractivity contribution in [1.82, 2.24) is 9.97 Å². The lowest BCUT2D eigenvalue weighted by atomic mass is 9.96. The molecule has 3 heteroatoms. The third kappa shape index (κ3) is 1.07. The molecule has 0 amide bonds. The van der Waals surface area contributed by atoms with Gasteiger partial charge >= 0.3 is 0 Å². The molecule has 3 rings (SSSR count). The van der Waals surface area contributed by atoms with Gasteiger partial charge in [0.15, 0.2) is 0 Å². The van der Waals surface area contributed by atoms with Crippen molar-refractivity contribution in [2.75, 3.05) is 0 Å². The number of aryl methyl sites for hydroxylation is 2. The molecule has 0 bridgehead atoms. The number of fused-ring (bicyclic) bond motifs is 3. The van der Waals surface area contributed by atoms with Crippen LogP contribution in [0.3, 0.4) is 0 Å². The Kier molecular flexibility index (Phi) is 1.77. The fraction of sp³-hybridized carbons (Fsp3) is 0.364. The van der Waals surface area contributed by atoms with Crippen molar-refractivity contribution < 1.29 is 0 Å². The number of hydrogen-bond donors (Lipinski definition) is 1.